The summed E-state index contributed by atoms with van der Waals surface area (Å²) in [4.78, 5) is 29.4. The van der Waals surface area contributed by atoms with Crippen molar-refractivity contribution in [2.45, 2.75) is 26.8 Å². The third-order valence-corrected chi connectivity index (χ3v) is 3.89. The molecule has 0 saturated carbocycles. The fourth-order valence-corrected chi connectivity index (χ4v) is 2.64. The number of hydrogen-bond donors (Lipinski definition) is 1. The molecule has 0 fully saturated rings. The molecule has 1 aromatic carbocycles. The molecule has 1 heterocycles. The summed E-state index contributed by atoms with van der Waals surface area (Å²) in [5.41, 5.74) is 3.33. The number of methoxy groups -OCH3 is 1. The first-order valence-electron chi connectivity index (χ1n) is 7.58. The van der Waals surface area contributed by atoms with E-state index in [-0.39, 0.29) is 5.91 Å². The molecule has 5 nitrogen and oxygen atoms in total. The summed E-state index contributed by atoms with van der Waals surface area (Å²) in [6.07, 6.45) is 0.626. The van der Waals surface area contributed by atoms with Gasteiger partial charge in [-0.25, -0.2) is 4.79 Å². The van der Waals surface area contributed by atoms with Crippen LogP contribution in [0, 0.1) is 6.92 Å². The Kier molecular flexibility index (Phi) is 5.21. The molecule has 1 N–H and O–H groups in total. The molecule has 0 aliphatic rings. The standard InChI is InChI=1S/C18H22N2O3/c1-5-14-15(18(22)23-4)12(2)16(19-14)17(21)20(3)11-13-9-7-6-8-10-13/h6-10,19H,5,11H2,1-4H3. The first kappa shape index (κ1) is 16.8. The number of H-pyrrole nitrogens is 1. The van der Waals surface area contributed by atoms with Crippen LogP contribution in [-0.2, 0) is 17.7 Å². The van der Waals surface area contributed by atoms with Crippen molar-refractivity contribution in [2.24, 2.45) is 0 Å². The number of nitrogens with one attached hydrogen (secondary N) is 1. The number of carbonyl (C=O) groups is 2. The molecule has 0 saturated heterocycles. The van der Waals surface area contributed by atoms with E-state index in [1.807, 2.05) is 37.3 Å². The van der Waals surface area contributed by atoms with Crippen molar-refractivity contribution in [1.29, 1.82) is 0 Å². The first-order valence-corrected chi connectivity index (χ1v) is 7.58. The summed E-state index contributed by atoms with van der Waals surface area (Å²) < 4.78 is 4.82. The summed E-state index contributed by atoms with van der Waals surface area (Å²) in [5, 5.41) is 0. The molecule has 0 spiro atoms. The molecule has 0 radical (unpaired) electrons. The lowest BCUT2D eigenvalue weighted by molar-refractivity contribution is 0.0599. The number of rotatable bonds is 5. The van der Waals surface area contributed by atoms with Crippen molar-refractivity contribution in [2.75, 3.05) is 14.2 Å². The van der Waals surface area contributed by atoms with Gasteiger partial charge in [0.2, 0.25) is 0 Å². The zero-order valence-corrected chi connectivity index (χ0v) is 14.0. The Hall–Kier alpha value is -2.56. The fourth-order valence-electron chi connectivity index (χ4n) is 2.64. The Morgan fingerprint density at radius 2 is 1.87 bits per heavy atom. The van der Waals surface area contributed by atoms with Crippen LogP contribution in [0.25, 0.3) is 0 Å². The predicted octanol–water partition coefficient (Wildman–Crippen LogP) is 2.94. The third kappa shape index (κ3) is 3.44. The normalized spacial score (nSPS) is 10.4. The SMILES string of the molecule is CCc1[nH]c(C(=O)N(C)Cc2ccccc2)c(C)c1C(=O)OC. The van der Waals surface area contributed by atoms with Gasteiger partial charge in [-0.2, -0.15) is 0 Å². The van der Waals surface area contributed by atoms with E-state index < -0.39 is 5.97 Å². The Morgan fingerprint density at radius 1 is 1.22 bits per heavy atom. The van der Waals surface area contributed by atoms with Crippen LogP contribution in [0.5, 0.6) is 0 Å². The second-order valence-electron chi connectivity index (χ2n) is 5.47. The van der Waals surface area contributed by atoms with Crippen LogP contribution in [0.1, 0.15) is 44.6 Å². The molecule has 122 valence electrons. The second kappa shape index (κ2) is 7.13. The number of carbonyl (C=O) groups excluding carboxylic acids is 2. The van der Waals surface area contributed by atoms with Crippen LogP contribution in [0.3, 0.4) is 0 Å². The zero-order chi connectivity index (χ0) is 17.0. The third-order valence-electron chi connectivity index (χ3n) is 3.89. The van der Waals surface area contributed by atoms with Gasteiger partial charge in [0, 0.05) is 19.3 Å². The molecule has 1 amide bonds. The number of esters is 1. The van der Waals surface area contributed by atoms with Crippen molar-refractivity contribution in [3.63, 3.8) is 0 Å². The Balaban J connectivity index is 2.29. The number of hydrogen-bond acceptors (Lipinski definition) is 3. The summed E-state index contributed by atoms with van der Waals surface area (Å²) in [7, 11) is 3.09. The minimum absolute atomic E-state index is 0.142. The molecule has 0 aliphatic heterocycles. The summed E-state index contributed by atoms with van der Waals surface area (Å²) in [5.74, 6) is -0.559. The highest BCUT2D eigenvalue weighted by molar-refractivity contribution is 6.00. The molecule has 0 aliphatic carbocycles. The highest BCUT2D eigenvalue weighted by Gasteiger charge is 2.25. The molecular weight excluding hydrogens is 292 g/mol. The molecule has 1 aromatic heterocycles. The van der Waals surface area contributed by atoms with Gasteiger partial charge in [-0.05, 0) is 24.5 Å². The molecule has 2 rings (SSSR count). The average Bonchev–Trinajstić information content (AvgIpc) is 2.90. The number of ether oxygens (including phenoxy) is 1. The number of aromatic amines is 1. The van der Waals surface area contributed by atoms with Gasteiger partial charge in [-0.15, -0.1) is 0 Å². The number of aryl methyl sites for hydroxylation is 1. The monoisotopic (exact) mass is 314 g/mol. The largest absolute Gasteiger partial charge is 0.465 e. The topological polar surface area (TPSA) is 62.4 Å². The lowest BCUT2D eigenvalue weighted by Gasteiger charge is -2.17. The van der Waals surface area contributed by atoms with E-state index in [0.717, 1.165) is 11.3 Å². The van der Waals surface area contributed by atoms with Gasteiger partial charge in [0.1, 0.15) is 5.69 Å². The smallest absolute Gasteiger partial charge is 0.339 e. The predicted molar refractivity (Wildman–Crippen MR) is 88.5 cm³/mol. The molecule has 0 bridgehead atoms. The lowest BCUT2D eigenvalue weighted by Crippen LogP contribution is -2.27. The maximum atomic E-state index is 12.7. The van der Waals surface area contributed by atoms with Crippen molar-refractivity contribution in [3.8, 4) is 0 Å². The molecule has 5 heteroatoms. The minimum atomic E-state index is -0.416. The van der Waals surface area contributed by atoms with Crippen LogP contribution < -0.4 is 0 Å². The van der Waals surface area contributed by atoms with E-state index in [1.54, 1.807) is 18.9 Å². The average molecular weight is 314 g/mol. The van der Waals surface area contributed by atoms with E-state index in [0.29, 0.717) is 29.8 Å². The van der Waals surface area contributed by atoms with Gasteiger partial charge < -0.3 is 14.6 Å². The van der Waals surface area contributed by atoms with Gasteiger partial charge in [-0.3, -0.25) is 4.79 Å². The summed E-state index contributed by atoms with van der Waals surface area (Å²) in [6.45, 7) is 4.21. The van der Waals surface area contributed by atoms with Crippen molar-refractivity contribution < 1.29 is 14.3 Å². The number of aromatic nitrogens is 1. The van der Waals surface area contributed by atoms with Crippen LogP contribution in [0.2, 0.25) is 0 Å². The van der Waals surface area contributed by atoms with Crippen molar-refractivity contribution >= 4 is 11.9 Å². The van der Waals surface area contributed by atoms with Crippen LogP contribution in [-0.4, -0.2) is 35.9 Å². The van der Waals surface area contributed by atoms with Gasteiger partial charge in [0.15, 0.2) is 0 Å². The number of amides is 1. The van der Waals surface area contributed by atoms with E-state index in [9.17, 15) is 9.59 Å². The van der Waals surface area contributed by atoms with Crippen LogP contribution in [0.15, 0.2) is 30.3 Å². The van der Waals surface area contributed by atoms with E-state index in [2.05, 4.69) is 4.98 Å². The fraction of sp³-hybridized carbons (Fsp3) is 0.333. The molecule has 23 heavy (non-hydrogen) atoms. The van der Waals surface area contributed by atoms with E-state index in [1.165, 1.54) is 7.11 Å². The highest BCUT2D eigenvalue weighted by Crippen LogP contribution is 2.21. The van der Waals surface area contributed by atoms with Gasteiger partial charge in [0.25, 0.3) is 5.91 Å². The zero-order valence-electron chi connectivity index (χ0n) is 14.0. The Bertz CT molecular complexity index is 705. The maximum Gasteiger partial charge on any atom is 0.339 e. The maximum absolute atomic E-state index is 12.7. The molecule has 2 aromatic rings. The highest BCUT2D eigenvalue weighted by atomic mass is 16.5. The van der Waals surface area contributed by atoms with Crippen molar-refractivity contribution in [1.82, 2.24) is 9.88 Å². The lowest BCUT2D eigenvalue weighted by atomic mass is 10.1. The van der Waals surface area contributed by atoms with E-state index >= 15 is 0 Å². The van der Waals surface area contributed by atoms with Gasteiger partial charge in [0.05, 0.1) is 12.7 Å². The minimum Gasteiger partial charge on any atom is -0.465 e. The van der Waals surface area contributed by atoms with Crippen molar-refractivity contribution in [3.05, 3.63) is 58.4 Å². The second-order valence-corrected chi connectivity index (χ2v) is 5.47. The number of nitrogens with zero attached hydrogens (tertiary/aromatic N) is 1. The van der Waals surface area contributed by atoms with Gasteiger partial charge in [-0.1, -0.05) is 37.3 Å². The van der Waals surface area contributed by atoms with E-state index in [4.69, 9.17) is 4.74 Å². The number of benzene rings is 1. The molecular formula is C18H22N2O3. The first-order chi connectivity index (χ1) is 11.0. The van der Waals surface area contributed by atoms with Gasteiger partial charge >= 0.3 is 5.97 Å². The van der Waals surface area contributed by atoms with Crippen LogP contribution in [0.4, 0.5) is 0 Å². The summed E-state index contributed by atoms with van der Waals surface area (Å²) in [6, 6.07) is 9.78. The Morgan fingerprint density at radius 3 is 2.43 bits per heavy atom. The molecule has 0 atom stereocenters. The molecule has 0 unspecified atom stereocenters. The Labute approximate surface area is 136 Å². The van der Waals surface area contributed by atoms with Crippen LogP contribution >= 0.6 is 0 Å². The quantitative estimate of drug-likeness (QED) is 0.863. The summed E-state index contributed by atoms with van der Waals surface area (Å²) >= 11 is 0.